The monoisotopic (exact) mass is 407 g/mol. The molecule has 0 aliphatic carbocycles. The predicted molar refractivity (Wildman–Crippen MR) is 121 cm³/mol. The van der Waals surface area contributed by atoms with Gasteiger partial charge in [-0.2, -0.15) is 0 Å². The van der Waals surface area contributed by atoms with Gasteiger partial charge in [-0.05, 0) is 36.5 Å². The molecule has 3 rings (SSSR count). The highest BCUT2D eigenvalue weighted by Crippen LogP contribution is 2.27. The second-order valence-corrected chi connectivity index (χ2v) is 8.27. The number of hydrogen-bond acceptors (Lipinski definition) is 3. The van der Waals surface area contributed by atoms with Gasteiger partial charge in [0.05, 0.1) is 5.92 Å². The number of nitrogens with two attached hydrogens (primary N) is 1. The minimum absolute atomic E-state index is 0.126. The summed E-state index contributed by atoms with van der Waals surface area (Å²) >= 11 is 0. The number of carbonyl (C=O) groups is 2. The van der Waals surface area contributed by atoms with Crippen molar-refractivity contribution in [3.8, 4) is 11.1 Å². The van der Waals surface area contributed by atoms with Crippen LogP contribution in [0, 0.1) is 12.8 Å². The van der Waals surface area contributed by atoms with E-state index in [9.17, 15) is 9.59 Å². The summed E-state index contributed by atoms with van der Waals surface area (Å²) < 4.78 is 0. The summed E-state index contributed by atoms with van der Waals surface area (Å²) in [5, 5.41) is 0. The zero-order chi connectivity index (χ0) is 21.5. The van der Waals surface area contributed by atoms with Crippen LogP contribution in [-0.2, 0) is 16.0 Å². The van der Waals surface area contributed by atoms with Crippen LogP contribution in [0.4, 0.5) is 0 Å². The average Bonchev–Trinajstić information content (AvgIpc) is 2.88. The number of amides is 2. The molecule has 0 bridgehead atoms. The largest absolute Gasteiger partial charge is 0.370 e. The molecule has 5 heteroatoms. The minimum Gasteiger partial charge on any atom is -0.370 e. The highest BCUT2D eigenvalue weighted by molar-refractivity contribution is 5.80. The molecule has 1 atom stereocenters. The highest BCUT2D eigenvalue weighted by atomic mass is 16.2. The van der Waals surface area contributed by atoms with Gasteiger partial charge in [-0.1, -0.05) is 61.0 Å². The number of primary amides is 1. The third-order valence-electron chi connectivity index (χ3n) is 5.84. The minimum atomic E-state index is -0.294. The molecule has 0 spiro atoms. The standard InChI is InChI=1S/C25H33N3O2/c1-3-13-28-16-15-27(14-12-24(26)29)18-22(25(28)30)17-21-6-4-5-7-23(21)20-10-8-19(2)9-11-20/h4-11,22H,3,12-18H2,1-2H3,(H2,26,29)/t22-/m1/s1. The molecule has 1 saturated heterocycles. The number of nitrogens with zero attached hydrogens (tertiary/aromatic N) is 2. The average molecular weight is 408 g/mol. The molecule has 2 aromatic rings. The first-order chi connectivity index (χ1) is 14.5. The van der Waals surface area contributed by atoms with Gasteiger partial charge >= 0.3 is 0 Å². The third kappa shape index (κ3) is 5.70. The smallest absolute Gasteiger partial charge is 0.227 e. The van der Waals surface area contributed by atoms with E-state index < -0.39 is 0 Å². The molecule has 0 aromatic heterocycles. The molecule has 2 N–H and O–H groups in total. The Kier molecular flexibility index (Phi) is 7.63. The molecule has 1 fully saturated rings. The number of aryl methyl sites for hydroxylation is 1. The zero-order valence-electron chi connectivity index (χ0n) is 18.1. The van der Waals surface area contributed by atoms with Crippen molar-refractivity contribution in [3.05, 3.63) is 59.7 Å². The summed E-state index contributed by atoms with van der Waals surface area (Å²) in [5.74, 6) is -0.201. The molecule has 0 saturated carbocycles. The summed E-state index contributed by atoms with van der Waals surface area (Å²) in [5.41, 5.74) is 10.1. The predicted octanol–water partition coefficient (Wildman–Crippen LogP) is 3.25. The maximum atomic E-state index is 13.3. The Balaban J connectivity index is 1.85. The number of benzene rings is 2. The summed E-state index contributed by atoms with van der Waals surface area (Å²) in [6.45, 7) is 7.73. The summed E-state index contributed by atoms with van der Waals surface area (Å²) in [6.07, 6.45) is 1.96. The molecule has 2 aromatic carbocycles. The van der Waals surface area contributed by atoms with Gasteiger partial charge in [-0.3, -0.25) is 9.59 Å². The van der Waals surface area contributed by atoms with E-state index >= 15 is 0 Å². The van der Waals surface area contributed by atoms with Crippen LogP contribution >= 0.6 is 0 Å². The molecule has 5 nitrogen and oxygen atoms in total. The van der Waals surface area contributed by atoms with Gasteiger partial charge < -0.3 is 15.5 Å². The van der Waals surface area contributed by atoms with Gasteiger partial charge in [-0.25, -0.2) is 0 Å². The normalized spacial score (nSPS) is 17.7. The maximum Gasteiger partial charge on any atom is 0.227 e. The van der Waals surface area contributed by atoms with Gasteiger partial charge in [0.1, 0.15) is 0 Å². The lowest BCUT2D eigenvalue weighted by molar-refractivity contribution is -0.134. The van der Waals surface area contributed by atoms with E-state index in [0.29, 0.717) is 32.5 Å². The Labute approximate surface area is 179 Å². The Morgan fingerprint density at radius 2 is 1.80 bits per heavy atom. The van der Waals surface area contributed by atoms with Crippen molar-refractivity contribution >= 4 is 11.8 Å². The van der Waals surface area contributed by atoms with Crippen LogP contribution in [0.15, 0.2) is 48.5 Å². The fourth-order valence-electron chi connectivity index (χ4n) is 4.21. The van der Waals surface area contributed by atoms with Gasteiger partial charge in [-0.15, -0.1) is 0 Å². The number of rotatable bonds is 8. The van der Waals surface area contributed by atoms with Crippen molar-refractivity contribution in [3.63, 3.8) is 0 Å². The van der Waals surface area contributed by atoms with Crippen molar-refractivity contribution in [1.82, 2.24) is 9.80 Å². The molecule has 160 valence electrons. The SMILES string of the molecule is CCCN1CCN(CCC(N)=O)C[C@@H](Cc2ccccc2-c2ccc(C)cc2)C1=O. The van der Waals surface area contributed by atoms with Crippen molar-refractivity contribution in [2.75, 3.05) is 32.7 Å². The number of carbonyl (C=O) groups excluding carboxylic acids is 2. The summed E-state index contributed by atoms with van der Waals surface area (Å²) in [7, 11) is 0. The topological polar surface area (TPSA) is 66.6 Å². The second kappa shape index (κ2) is 10.4. The Bertz CT molecular complexity index is 863. The molecule has 2 amide bonds. The van der Waals surface area contributed by atoms with Crippen LogP contribution in [0.3, 0.4) is 0 Å². The molecule has 0 unspecified atom stereocenters. The van der Waals surface area contributed by atoms with E-state index in [4.69, 9.17) is 5.73 Å². The van der Waals surface area contributed by atoms with Crippen molar-refractivity contribution in [1.29, 1.82) is 0 Å². The molecule has 1 heterocycles. The van der Waals surface area contributed by atoms with Crippen LogP contribution in [0.5, 0.6) is 0 Å². The van der Waals surface area contributed by atoms with Gasteiger partial charge in [0.25, 0.3) is 0 Å². The van der Waals surface area contributed by atoms with Crippen LogP contribution in [-0.4, -0.2) is 54.3 Å². The van der Waals surface area contributed by atoms with Crippen molar-refractivity contribution in [2.45, 2.75) is 33.1 Å². The van der Waals surface area contributed by atoms with Crippen LogP contribution in [0.2, 0.25) is 0 Å². The third-order valence-corrected chi connectivity index (χ3v) is 5.84. The molecular formula is C25H33N3O2. The Hall–Kier alpha value is -2.66. The van der Waals surface area contributed by atoms with E-state index in [1.807, 2.05) is 11.0 Å². The molecule has 1 aliphatic rings. The fourth-order valence-corrected chi connectivity index (χ4v) is 4.21. The second-order valence-electron chi connectivity index (χ2n) is 8.27. The lowest BCUT2D eigenvalue weighted by atomic mass is 9.91. The van der Waals surface area contributed by atoms with E-state index in [-0.39, 0.29) is 17.7 Å². The molecule has 0 radical (unpaired) electrons. The highest BCUT2D eigenvalue weighted by Gasteiger charge is 2.30. The lowest BCUT2D eigenvalue weighted by Crippen LogP contribution is -2.38. The van der Waals surface area contributed by atoms with Crippen LogP contribution < -0.4 is 5.73 Å². The van der Waals surface area contributed by atoms with Gasteiger partial charge in [0.2, 0.25) is 11.8 Å². The first-order valence-corrected chi connectivity index (χ1v) is 10.9. The van der Waals surface area contributed by atoms with Gasteiger partial charge in [0, 0.05) is 39.1 Å². The van der Waals surface area contributed by atoms with Crippen molar-refractivity contribution < 1.29 is 9.59 Å². The Morgan fingerprint density at radius 3 is 2.50 bits per heavy atom. The summed E-state index contributed by atoms with van der Waals surface area (Å²) in [4.78, 5) is 28.8. The van der Waals surface area contributed by atoms with Crippen LogP contribution in [0.25, 0.3) is 11.1 Å². The quantitative estimate of drug-likeness (QED) is 0.730. The van der Waals surface area contributed by atoms with E-state index in [1.54, 1.807) is 0 Å². The van der Waals surface area contributed by atoms with E-state index in [1.165, 1.54) is 22.3 Å². The lowest BCUT2D eigenvalue weighted by Gasteiger charge is -2.24. The Morgan fingerprint density at radius 1 is 1.07 bits per heavy atom. The summed E-state index contributed by atoms with van der Waals surface area (Å²) in [6, 6.07) is 16.9. The fraction of sp³-hybridized carbons (Fsp3) is 0.440. The molecule has 30 heavy (non-hydrogen) atoms. The van der Waals surface area contributed by atoms with Gasteiger partial charge in [0.15, 0.2) is 0 Å². The van der Waals surface area contributed by atoms with Crippen LogP contribution in [0.1, 0.15) is 30.9 Å². The van der Waals surface area contributed by atoms with E-state index in [0.717, 1.165) is 19.5 Å². The molecule has 1 aliphatic heterocycles. The van der Waals surface area contributed by atoms with Crippen molar-refractivity contribution in [2.24, 2.45) is 11.7 Å². The first kappa shape index (κ1) is 22.0. The maximum absolute atomic E-state index is 13.3. The molecular weight excluding hydrogens is 374 g/mol. The first-order valence-electron chi connectivity index (χ1n) is 10.9. The number of hydrogen-bond donors (Lipinski definition) is 1. The zero-order valence-corrected chi connectivity index (χ0v) is 18.1. The van der Waals surface area contributed by atoms with E-state index in [2.05, 4.69) is 61.2 Å².